The number of rotatable bonds is 9. The number of hydrogen-bond acceptors (Lipinski definition) is 4. The van der Waals surface area contributed by atoms with Crippen molar-refractivity contribution in [2.45, 2.75) is 51.5 Å². The molecule has 0 radical (unpaired) electrons. The maximum atomic E-state index is 11.7. The molecule has 0 amide bonds. The second kappa shape index (κ2) is 11.4. The van der Waals surface area contributed by atoms with Crippen LogP contribution in [0, 0.1) is 5.92 Å². The molecule has 2 heterocycles. The summed E-state index contributed by atoms with van der Waals surface area (Å²) < 4.78 is 11.4. The molecular weight excluding hydrogens is 414 g/mol. The molecule has 33 heavy (non-hydrogen) atoms. The summed E-state index contributed by atoms with van der Waals surface area (Å²) in [6.07, 6.45) is 17.2. The Morgan fingerprint density at radius 3 is 2.76 bits per heavy atom. The zero-order valence-corrected chi connectivity index (χ0v) is 19.5. The molecule has 0 saturated heterocycles. The van der Waals surface area contributed by atoms with Gasteiger partial charge in [0.25, 0.3) is 0 Å². The Morgan fingerprint density at radius 2 is 1.97 bits per heavy atom. The number of allylic oxidation sites excluding steroid dienone is 5. The Bertz CT molecular complexity index is 941. The second-order valence-electron chi connectivity index (χ2n) is 8.96. The van der Waals surface area contributed by atoms with Crippen LogP contribution in [0.3, 0.4) is 0 Å². The van der Waals surface area contributed by atoms with Gasteiger partial charge in [-0.1, -0.05) is 56.2 Å². The van der Waals surface area contributed by atoms with Crippen molar-refractivity contribution in [2.24, 2.45) is 5.92 Å². The van der Waals surface area contributed by atoms with Crippen molar-refractivity contribution >= 4 is 11.5 Å². The van der Waals surface area contributed by atoms with Crippen LogP contribution >= 0.6 is 0 Å². The molecule has 1 saturated carbocycles. The Kier molecular flexibility index (Phi) is 8.05. The fraction of sp³-hybridized carbons (Fsp3) is 0.464. The molecule has 0 bridgehead atoms. The van der Waals surface area contributed by atoms with Crippen LogP contribution in [0.4, 0.5) is 0 Å². The molecule has 2 atom stereocenters. The molecule has 1 aliphatic carbocycles. The van der Waals surface area contributed by atoms with Crippen LogP contribution < -0.4 is 4.74 Å². The van der Waals surface area contributed by atoms with Gasteiger partial charge in [0.1, 0.15) is 12.4 Å². The zero-order chi connectivity index (χ0) is 23.0. The number of ether oxygens (including phenoxy) is 2. The number of benzene rings is 1. The molecule has 176 valence electrons. The van der Waals surface area contributed by atoms with Crippen molar-refractivity contribution < 1.29 is 19.4 Å². The Balaban J connectivity index is 1.56. The van der Waals surface area contributed by atoms with E-state index < -0.39 is 11.9 Å². The number of carbonyl (C=O) groups is 1. The third-order valence-corrected chi connectivity index (χ3v) is 6.66. The van der Waals surface area contributed by atoms with Crippen molar-refractivity contribution in [2.75, 3.05) is 26.4 Å². The average Bonchev–Trinajstić information content (AvgIpc) is 2.83. The van der Waals surface area contributed by atoms with E-state index in [0.29, 0.717) is 19.8 Å². The van der Waals surface area contributed by atoms with Crippen molar-refractivity contribution in [1.82, 2.24) is 4.90 Å². The highest BCUT2D eigenvalue weighted by Crippen LogP contribution is 2.38. The van der Waals surface area contributed by atoms with E-state index in [0.717, 1.165) is 54.9 Å². The molecule has 5 heteroatoms. The first-order valence-electron chi connectivity index (χ1n) is 12.3. The highest BCUT2D eigenvalue weighted by Gasteiger charge is 2.33. The lowest BCUT2D eigenvalue weighted by Gasteiger charge is -2.42. The molecule has 1 aromatic carbocycles. The minimum Gasteiger partial charge on any atom is -0.491 e. The van der Waals surface area contributed by atoms with Crippen LogP contribution in [0.5, 0.6) is 5.75 Å². The molecular formula is C28H35NO4. The number of aliphatic carboxylic acids is 1. The summed E-state index contributed by atoms with van der Waals surface area (Å²) in [7, 11) is 0. The minimum atomic E-state index is -0.758. The quantitative estimate of drug-likeness (QED) is 0.497. The van der Waals surface area contributed by atoms with Crippen LogP contribution in [0.2, 0.25) is 0 Å². The summed E-state index contributed by atoms with van der Waals surface area (Å²) in [6, 6.07) is 8.45. The number of carboxylic acid groups (broad SMARTS) is 1. The Morgan fingerprint density at radius 1 is 1.12 bits per heavy atom. The van der Waals surface area contributed by atoms with Gasteiger partial charge >= 0.3 is 5.97 Å². The second-order valence-corrected chi connectivity index (χ2v) is 8.96. The Hall–Kier alpha value is -2.79. The SMILES string of the molecule is CCCCOCCOc1ccc(C2=C3C=CC(C(=O)O)CN3C3CCCCC3=CC=C2)cc1. The summed E-state index contributed by atoms with van der Waals surface area (Å²) in [6.45, 7) is 4.59. The molecule has 1 fully saturated rings. The molecule has 2 unspecified atom stereocenters. The molecule has 5 nitrogen and oxygen atoms in total. The first-order valence-corrected chi connectivity index (χ1v) is 12.3. The highest BCUT2D eigenvalue weighted by atomic mass is 16.5. The fourth-order valence-electron chi connectivity index (χ4n) is 4.84. The number of carboxylic acids is 1. The van der Waals surface area contributed by atoms with Gasteiger partial charge in [-0.15, -0.1) is 0 Å². The van der Waals surface area contributed by atoms with E-state index in [1.54, 1.807) is 0 Å². The van der Waals surface area contributed by atoms with E-state index in [9.17, 15) is 9.90 Å². The number of nitrogens with zero attached hydrogens (tertiary/aromatic N) is 1. The van der Waals surface area contributed by atoms with Crippen LogP contribution in [-0.2, 0) is 9.53 Å². The topological polar surface area (TPSA) is 59.0 Å². The minimum absolute atomic E-state index is 0.274. The molecule has 0 aromatic heterocycles. The molecule has 0 spiro atoms. The lowest BCUT2D eigenvalue weighted by atomic mass is 9.84. The van der Waals surface area contributed by atoms with Crippen LogP contribution in [-0.4, -0.2) is 48.4 Å². The van der Waals surface area contributed by atoms with Gasteiger partial charge in [0.2, 0.25) is 0 Å². The van der Waals surface area contributed by atoms with Crippen LogP contribution in [0.1, 0.15) is 51.0 Å². The summed E-state index contributed by atoms with van der Waals surface area (Å²) >= 11 is 0. The van der Waals surface area contributed by atoms with Crippen molar-refractivity contribution in [1.29, 1.82) is 0 Å². The number of hydrogen-bond donors (Lipinski definition) is 1. The number of fused-ring (bicyclic) bond motifs is 3. The van der Waals surface area contributed by atoms with E-state index in [-0.39, 0.29) is 6.04 Å². The standard InChI is InChI=1S/C28H35NO4/c1-2-3-17-32-18-19-33-24-14-11-21(12-15-24)25-9-6-8-22-7-4-5-10-26(22)29-20-23(28(30)31)13-16-27(25)29/h6,8-9,11-16,23,26H,2-5,7,10,17-20H2,1H3,(H,30,31). The van der Waals surface area contributed by atoms with Gasteiger partial charge in [-0.3, -0.25) is 4.79 Å². The van der Waals surface area contributed by atoms with Gasteiger partial charge in [-0.2, -0.15) is 0 Å². The van der Waals surface area contributed by atoms with Gasteiger partial charge in [-0.25, -0.2) is 0 Å². The predicted molar refractivity (Wildman–Crippen MR) is 131 cm³/mol. The normalized spacial score (nSPS) is 22.2. The van der Waals surface area contributed by atoms with E-state index in [4.69, 9.17) is 9.47 Å². The highest BCUT2D eigenvalue weighted by molar-refractivity contribution is 5.80. The monoisotopic (exact) mass is 449 g/mol. The predicted octanol–water partition coefficient (Wildman–Crippen LogP) is 5.60. The maximum Gasteiger partial charge on any atom is 0.312 e. The smallest absolute Gasteiger partial charge is 0.312 e. The molecule has 2 aliphatic heterocycles. The maximum absolute atomic E-state index is 11.7. The lowest BCUT2D eigenvalue weighted by Crippen LogP contribution is -2.44. The fourth-order valence-corrected chi connectivity index (χ4v) is 4.84. The summed E-state index contributed by atoms with van der Waals surface area (Å²) in [5.74, 6) is -0.405. The van der Waals surface area contributed by atoms with Gasteiger partial charge < -0.3 is 19.5 Å². The summed E-state index contributed by atoms with van der Waals surface area (Å²) in [5.41, 5.74) is 4.74. The van der Waals surface area contributed by atoms with Gasteiger partial charge in [0.15, 0.2) is 0 Å². The van der Waals surface area contributed by atoms with Crippen molar-refractivity contribution in [3.63, 3.8) is 0 Å². The third-order valence-electron chi connectivity index (χ3n) is 6.66. The average molecular weight is 450 g/mol. The molecule has 3 aliphatic rings. The van der Waals surface area contributed by atoms with E-state index >= 15 is 0 Å². The van der Waals surface area contributed by atoms with Crippen LogP contribution in [0.25, 0.3) is 5.57 Å². The third kappa shape index (κ3) is 5.77. The Labute approximate surface area is 197 Å². The summed E-state index contributed by atoms with van der Waals surface area (Å²) in [5, 5.41) is 9.65. The summed E-state index contributed by atoms with van der Waals surface area (Å²) in [4.78, 5) is 14.1. The molecule has 1 N–H and O–H groups in total. The zero-order valence-electron chi connectivity index (χ0n) is 19.5. The molecule has 1 aromatic rings. The first kappa shape index (κ1) is 23.4. The van der Waals surface area contributed by atoms with Gasteiger partial charge in [0.05, 0.1) is 18.6 Å². The first-order chi connectivity index (χ1) is 16.2. The van der Waals surface area contributed by atoms with E-state index in [1.165, 1.54) is 18.4 Å². The van der Waals surface area contributed by atoms with Crippen LogP contribution in [0.15, 0.2) is 65.9 Å². The van der Waals surface area contributed by atoms with Crippen molar-refractivity contribution in [3.8, 4) is 5.75 Å². The van der Waals surface area contributed by atoms with E-state index in [1.807, 2.05) is 24.3 Å². The van der Waals surface area contributed by atoms with E-state index in [2.05, 4.69) is 42.2 Å². The lowest BCUT2D eigenvalue weighted by molar-refractivity contribution is -0.140. The van der Waals surface area contributed by atoms with Gasteiger partial charge in [-0.05, 0) is 55.0 Å². The molecule has 4 rings (SSSR count). The largest absolute Gasteiger partial charge is 0.491 e. The van der Waals surface area contributed by atoms with Crippen molar-refractivity contribution in [3.05, 3.63) is 71.5 Å². The van der Waals surface area contributed by atoms with Gasteiger partial charge in [0, 0.05) is 24.4 Å². The number of unbranched alkanes of at least 4 members (excludes halogenated alkanes) is 1.